The van der Waals surface area contributed by atoms with Gasteiger partial charge in [-0.25, -0.2) is 4.79 Å². The molecule has 0 fully saturated rings. The Balaban J connectivity index is 2.93. The fourth-order valence-electron chi connectivity index (χ4n) is 1.31. The van der Waals surface area contributed by atoms with Gasteiger partial charge in [0.25, 0.3) is 0 Å². The summed E-state index contributed by atoms with van der Waals surface area (Å²) in [6, 6.07) is 4.01. The maximum Gasteiger partial charge on any atom is 0.337 e. The van der Waals surface area contributed by atoms with Crippen LogP contribution in [0.5, 0.6) is 0 Å². The van der Waals surface area contributed by atoms with E-state index in [0.717, 1.165) is 3.57 Å². The Bertz CT molecular complexity index is 488. The van der Waals surface area contributed by atoms with E-state index >= 15 is 0 Å². The van der Waals surface area contributed by atoms with Gasteiger partial charge in [-0.3, -0.25) is 4.79 Å². The topological polar surface area (TPSA) is 92.4 Å². The van der Waals surface area contributed by atoms with Crippen molar-refractivity contribution in [1.29, 1.82) is 0 Å². The maximum absolute atomic E-state index is 11.7. The van der Waals surface area contributed by atoms with Crippen molar-refractivity contribution in [3.8, 4) is 0 Å². The van der Waals surface area contributed by atoms with Crippen LogP contribution in [0.4, 0.5) is 5.69 Å². The maximum atomic E-state index is 11.7. The Morgan fingerprint density at radius 1 is 1.56 bits per heavy atom. The van der Waals surface area contributed by atoms with Gasteiger partial charge in [-0.2, -0.15) is 0 Å². The summed E-state index contributed by atoms with van der Waals surface area (Å²) >= 11 is 2.00. The van der Waals surface area contributed by atoms with Crippen LogP contribution in [-0.4, -0.2) is 23.0 Å². The fourth-order valence-corrected chi connectivity index (χ4v) is 1.81. The molecule has 0 heterocycles. The van der Waals surface area contributed by atoms with Crippen LogP contribution in [0.15, 0.2) is 30.9 Å². The van der Waals surface area contributed by atoms with E-state index in [4.69, 9.17) is 10.8 Å². The van der Waals surface area contributed by atoms with Crippen LogP contribution in [0, 0.1) is 3.57 Å². The molecule has 0 spiro atoms. The van der Waals surface area contributed by atoms with Crippen molar-refractivity contribution in [1.82, 2.24) is 0 Å². The highest BCUT2D eigenvalue weighted by Crippen LogP contribution is 2.19. The van der Waals surface area contributed by atoms with Crippen molar-refractivity contribution < 1.29 is 14.7 Å². The van der Waals surface area contributed by atoms with E-state index in [1.807, 2.05) is 22.6 Å². The molecular formula is C12H13IN2O3. The number of carbonyl (C=O) groups excluding carboxylic acids is 1. The first-order valence-electron chi connectivity index (χ1n) is 5.16. The summed E-state index contributed by atoms with van der Waals surface area (Å²) in [5.41, 5.74) is 5.89. The third kappa shape index (κ3) is 3.81. The standard InChI is InChI=1S/C12H13IN2O3/c1-2-3-9(14)11(16)15-10-5-4-7(13)6-8(10)12(17)18/h2,4-6,9H,1,3,14H2,(H,15,16)(H,17,18). The summed E-state index contributed by atoms with van der Waals surface area (Å²) in [6.45, 7) is 3.49. The van der Waals surface area contributed by atoms with Gasteiger partial charge in [0, 0.05) is 3.57 Å². The first kappa shape index (κ1) is 14.7. The van der Waals surface area contributed by atoms with Crippen molar-refractivity contribution in [2.75, 3.05) is 5.32 Å². The zero-order valence-electron chi connectivity index (χ0n) is 9.52. The Hall–Kier alpha value is -1.41. The van der Waals surface area contributed by atoms with E-state index in [1.165, 1.54) is 12.1 Å². The molecule has 5 nitrogen and oxygen atoms in total. The van der Waals surface area contributed by atoms with E-state index in [2.05, 4.69) is 11.9 Å². The van der Waals surface area contributed by atoms with Crippen LogP contribution in [-0.2, 0) is 4.79 Å². The molecule has 0 aromatic heterocycles. The zero-order valence-corrected chi connectivity index (χ0v) is 11.7. The third-order valence-corrected chi connectivity index (χ3v) is 2.90. The van der Waals surface area contributed by atoms with Gasteiger partial charge >= 0.3 is 5.97 Å². The predicted molar refractivity (Wildman–Crippen MR) is 77.5 cm³/mol. The van der Waals surface area contributed by atoms with Crippen molar-refractivity contribution in [2.24, 2.45) is 5.73 Å². The number of nitrogens with one attached hydrogen (secondary N) is 1. The van der Waals surface area contributed by atoms with Crippen molar-refractivity contribution in [2.45, 2.75) is 12.5 Å². The minimum absolute atomic E-state index is 0.0426. The number of carboxylic acids is 1. The molecule has 0 saturated heterocycles. The minimum atomic E-state index is -1.10. The SMILES string of the molecule is C=CCC(N)C(=O)Nc1ccc(I)cc1C(=O)O. The average Bonchev–Trinajstić information content (AvgIpc) is 2.31. The van der Waals surface area contributed by atoms with Crippen molar-refractivity contribution >= 4 is 40.2 Å². The third-order valence-electron chi connectivity index (χ3n) is 2.23. The Kier molecular flexibility index (Phi) is 5.29. The van der Waals surface area contributed by atoms with Gasteiger partial charge in [0.05, 0.1) is 17.3 Å². The second-order valence-corrected chi connectivity index (χ2v) is 4.86. The summed E-state index contributed by atoms with van der Waals surface area (Å²) in [4.78, 5) is 22.7. The van der Waals surface area contributed by atoms with Gasteiger partial charge in [-0.1, -0.05) is 6.08 Å². The second kappa shape index (κ2) is 6.50. The quantitative estimate of drug-likeness (QED) is 0.552. The van der Waals surface area contributed by atoms with Crippen LogP contribution >= 0.6 is 22.6 Å². The lowest BCUT2D eigenvalue weighted by atomic mass is 10.1. The zero-order chi connectivity index (χ0) is 13.7. The highest BCUT2D eigenvalue weighted by molar-refractivity contribution is 14.1. The smallest absolute Gasteiger partial charge is 0.337 e. The molecule has 96 valence electrons. The summed E-state index contributed by atoms with van der Waals surface area (Å²) in [6.07, 6.45) is 1.87. The number of aromatic carboxylic acids is 1. The molecule has 1 aromatic carbocycles. The number of benzene rings is 1. The van der Waals surface area contributed by atoms with Crippen LogP contribution in [0.3, 0.4) is 0 Å². The minimum Gasteiger partial charge on any atom is -0.478 e. The summed E-state index contributed by atoms with van der Waals surface area (Å²) in [7, 11) is 0. The Labute approximate surface area is 118 Å². The number of anilines is 1. The van der Waals surface area contributed by atoms with Crippen molar-refractivity contribution in [3.63, 3.8) is 0 Å². The molecule has 1 aromatic rings. The van der Waals surface area contributed by atoms with E-state index in [9.17, 15) is 9.59 Å². The first-order chi connectivity index (χ1) is 8.45. The van der Waals surface area contributed by atoms with E-state index in [1.54, 1.807) is 12.1 Å². The largest absolute Gasteiger partial charge is 0.478 e. The van der Waals surface area contributed by atoms with Gasteiger partial charge < -0.3 is 16.2 Å². The Morgan fingerprint density at radius 2 is 2.22 bits per heavy atom. The summed E-state index contributed by atoms with van der Waals surface area (Å²) < 4.78 is 0.776. The van der Waals surface area contributed by atoms with Crippen molar-refractivity contribution in [3.05, 3.63) is 40.0 Å². The van der Waals surface area contributed by atoms with Gasteiger partial charge in [0.15, 0.2) is 0 Å². The molecule has 1 rings (SSSR count). The van der Waals surface area contributed by atoms with Crippen LogP contribution in [0.2, 0.25) is 0 Å². The molecule has 0 saturated carbocycles. The molecule has 0 aliphatic heterocycles. The number of carboxylic acid groups (broad SMARTS) is 1. The number of hydrogen-bond acceptors (Lipinski definition) is 3. The average molecular weight is 360 g/mol. The number of rotatable bonds is 5. The number of carbonyl (C=O) groups is 2. The molecule has 1 atom stereocenters. The van der Waals surface area contributed by atoms with E-state index < -0.39 is 17.9 Å². The predicted octanol–water partition coefficient (Wildman–Crippen LogP) is 1.83. The second-order valence-electron chi connectivity index (χ2n) is 3.62. The lowest BCUT2D eigenvalue weighted by molar-refractivity contribution is -0.117. The monoisotopic (exact) mass is 360 g/mol. The molecule has 0 bridgehead atoms. The molecule has 1 amide bonds. The number of amides is 1. The highest BCUT2D eigenvalue weighted by atomic mass is 127. The summed E-state index contributed by atoms with van der Waals surface area (Å²) in [5.74, 6) is -1.53. The lowest BCUT2D eigenvalue weighted by Gasteiger charge is -2.12. The molecule has 4 N–H and O–H groups in total. The normalized spacial score (nSPS) is 11.7. The molecule has 18 heavy (non-hydrogen) atoms. The Morgan fingerprint density at radius 3 is 2.78 bits per heavy atom. The highest BCUT2D eigenvalue weighted by Gasteiger charge is 2.16. The number of hydrogen-bond donors (Lipinski definition) is 3. The van der Waals surface area contributed by atoms with E-state index in [0.29, 0.717) is 6.42 Å². The van der Waals surface area contributed by atoms with E-state index in [-0.39, 0.29) is 11.3 Å². The molecule has 6 heteroatoms. The molecule has 0 radical (unpaired) electrons. The molecule has 0 aliphatic carbocycles. The van der Waals surface area contributed by atoms with Gasteiger partial charge in [0.2, 0.25) is 5.91 Å². The number of nitrogens with two attached hydrogens (primary N) is 1. The molecule has 1 unspecified atom stereocenters. The van der Waals surface area contributed by atoms with Gasteiger partial charge in [-0.15, -0.1) is 6.58 Å². The molecule has 0 aliphatic rings. The van der Waals surface area contributed by atoms with Crippen LogP contribution in [0.1, 0.15) is 16.8 Å². The summed E-state index contributed by atoms with van der Waals surface area (Å²) in [5, 5.41) is 11.6. The lowest BCUT2D eigenvalue weighted by Crippen LogP contribution is -2.35. The number of halogens is 1. The van der Waals surface area contributed by atoms with Gasteiger partial charge in [0.1, 0.15) is 0 Å². The molecular weight excluding hydrogens is 347 g/mol. The van der Waals surface area contributed by atoms with Gasteiger partial charge in [-0.05, 0) is 47.2 Å². The first-order valence-corrected chi connectivity index (χ1v) is 6.23. The fraction of sp³-hybridized carbons (Fsp3) is 0.167. The van der Waals surface area contributed by atoms with Crippen LogP contribution in [0.25, 0.3) is 0 Å². The van der Waals surface area contributed by atoms with Crippen LogP contribution < -0.4 is 11.1 Å².